The summed E-state index contributed by atoms with van der Waals surface area (Å²) in [5.74, 6) is 0.140. The summed E-state index contributed by atoms with van der Waals surface area (Å²) in [5, 5.41) is 4.30. The average Bonchev–Trinajstić information content (AvgIpc) is 3.10. The van der Waals surface area contributed by atoms with E-state index in [9.17, 15) is 18.0 Å². The number of nitrogens with zero attached hydrogens (tertiary/aromatic N) is 4. The Bertz CT molecular complexity index is 928. The Hall–Kier alpha value is -3.45. The van der Waals surface area contributed by atoms with Crippen molar-refractivity contribution >= 4 is 6.08 Å². The van der Waals surface area contributed by atoms with Crippen molar-refractivity contribution in [3.8, 4) is 22.8 Å². The molecule has 0 aliphatic carbocycles. The van der Waals surface area contributed by atoms with Gasteiger partial charge in [-0.2, -0.15) is 0 Å². The number of ether oxygens (including phenoxy) is 1. The molecule has 132 valence electrons. The van der Waals surface area contributed by atoms with Gasteiger partial charge in [0.05, 0.1) is 12.2 Å². The number of rotatable bonds is 5. The minimum Gasteiger partial charge on any atom is -0.406 e. The van der Waals surface area contributed by atoms with E-state index in [0.717, 1.165) is 11.1 Å². The quantitative estimate of drug-likeness (QED) is 0.514. The van der Waals surface area contributed by atoms with Crippen molar-refractivity contribution in [2.45, 2.75) is 12.9 Å². The largest absolute Gasteiger partial charge is 0.573 e. The molecule has 1 aromatic heterocycles. The molecule has 6 nitrogen and oxygen atoms in total. The molecular formula is C17H11F3N4O2. The molecule has 3 aromatic rings. The van der Waals surface area contributed by atoms with Gasteiger partial charge in [0, 0.05) is 5.56 Å². The molecule has 0 aliphatic rings. The number of halogens is 3. The van der Waals surface area contributed by atoms with E-state index in [1.54, 1.807) is 24.3 Å². The third-order valence-electron chi connectivity index (χ3n) is 3.37. The molecule has 0 fully saturated rings. The van der Waals surface area contributed by atoms with E-state index < -0.39 is 6.36 Å². The Morgan fingerprint density at radius 1 is 1.08 bits per heavy atom. The Morgan fingerprint density at radius 2 is 1.77 bits per heavy atom. The Labute approximate surface area is 145 Å². The fraction of sp³-hybridized carbons (Fsp3) is 0.118. The van der Waals surface area contributed by atoms with Gasteiger partial charge in [-0.05, 0) is 29.8 Å². The van der Waals surface area contributed by atoms with Gasteiger partial charge in [-0.25, -0.2) is 19.5 Å². The first-order valence-electron chi connectivity index (χ1n) is 7.35. The van der Waals surface area contributed by atoms with E-state index in [2.05, 4.69) is 19.8 Å². The van der Waals surface area contributed by atoms with Crippen molar-refractivity contribution in [1.82, 2.24) is 14.8 Å². The zero-order valence-corrected chi connectivity index (χ0v) is 13.1. The molecular weight excluding hydrogens is 349 g/mol. The van der Waals surface area contributed by atoms with E-state index in [1.807, 2.05) is 0 Å². The van der Waals surface area contributed by atoms with E-state index >= 15 is 0 Å². The van der Waals surface area contributed by atoms with Crippen LogP contribution < -0.4 is 4.74 Å². The van der Waals surface area contributed by atoms with Crippen molar-refractivity contribution in [1.29, 1.82) is 0 Å². The normalized spacial score (nSPS) is 11.0. The maximum Gasteiger partial charge on any atom is 0.573 e. The van der Waals surface area contributed by atoms with Crippen LogP contribution in [0.5, 0.6) is 5.75 Å². The lowest BCUT2D eigenvalue weighted by molar-refractivity contribution is -0.274. The number of alkyl halides is 3. The number of benzene rings is 2. The van der Waals surface area contributed by atoms with Crippen LogP contribution in [0.3, 0.4) is 0 Å². The first-order chi connectivity index (χ1) is 12.4. The topological polar surface area (TPSA) is 69.4 Å². The second-order valence-corrected chi connectivity index (χ2v) is 5.16. The standard InChI is InChI=1S/C17H11F3N4O2/c18-17(19,20)26-15-7-5-14(6-8-15)24-10-22-16(23-24)13-3-1-12(2-4-13)9-21-11-25/h1-8,10H,9H2. The van der Waals surface area contributed by atoms with Gasteiger partial charge in [-0.15, -0.1) is 18.3 Å². The maximum atomic E-state index is 12.2. The summed E-state index contributed by atoms with van der Waals surface area (Å²) in [5.41, 5.74) is 2.13. The summed E-state index contributed by atoms with van der Waals surface area (Å²) in [7, 11) is 0. The molecule has 0 saturated carbocycles. The lowest BCUT2D eigenvalue weighted by Crippen LogP contribution is -2.17. The molecule has 0 atom stereocenters. The maximum absolute atomic E-state index is 12.2. The van der Waals surface area contributed by atoms with Crippen molar-refractivity contribution in [3.63, 3.8) is 0 Å². The molecule has 0 N–H and O–H groups in total. The molecule has 0 amide bonds. The molecule has 26 heavy (non-hydrogen) atoms. The summed E-state index contributed by atoms with van der Waals surface area (Å²) < 4.78 is 41.8. The number of carbonyl (C=O) groups excluding carboxylic acids is 1. The van der Waals surface area contributed by atoms with Crippen LogP contribution in [0.4, 0.5) is 13.2 Å². The van der Waals surface area contributed by atoms with Crippen LogP contribution in [0.15, 0.2) is 59.9 Å². The number of hydrogen-bond acceptors (Lipinski definition) is 5. The van der Waals surface area contributed by atoms with Crippen LogP contribution in [0.25, 0.3) is 17.1 Å². The lowest BCUT2D eigenvalue weighted by Gasteiger charge is -2.09. The average molecular weight is 360 g/mol. The molecule has 9 heteroatoms. The SMILES string of the molecule is O=C=NCc1ccc(-c2ncn(-c3ccc(OC(F)(F)F)cc3)n2)cc1. The minimum atomic E-state index is -4.73. The highest BCUT2D eigenvalue weighted by Crippen LogP contribution is 2.24. The highest BCUT2D eigenvalue weighted by Gasteiger charge is 2.30. The summed E-state index contributed by atoms with van der Waals surface area (Å²) in [6, 6.07) is 12.4. The zero-order chi connectivity index (χ0) is 18.6. The Balaban J connectivity index is 1.76. The molecule has 3 rings (SSSR count). The van der Waals surface area contributed by atoms with Gasteiger partial charge in [0.1, 0.15) is 12.1 Å². The Kier molecular flexibility index (Phi) is 4.81. The molecule has 0 spiro atoms. The summed E-state index contributed by atoms with van der Waals surface area (Å²) in [6.07, 6.45) is -1.80. The van der Waals surface area contributed by atoms with Gasteiger partial charge < -0.3 is 4.74 Å². The molecule has 0 unspecified atom stereocenters. The van der Waals surface area contributed by atoms with Crippen molar-refractivity contribution in [2.75, 3.05) is 0 Å². The van der Waals surface area contributed by atoms with Gasteiger partial charge in [0.15, 0.2) is 5.82 Å². The van der Waals surface area contributed by atoms with Gasteiger partial charge in [0.25, 0.3) is 0 Å². The predicted molar refractivity (Wildman–Crippen MR) is 85.3 cm³/mol. The number of hydrogen-bond donors (Lipinski definition) is 0. The fourth-order valence-electron chi connectivity index (χ4n) is 2.20. The highest BCUT2D eigenvalue weighted by atomic mass is 19.4. The molecule has 2 aromatic carbocycles. The van der Waals surface area contributed by atoms with Gasteiger partial charge in [0.2, 0.25) is 6.08 Å². The molecule has 0 radical (unpaired) electrons. The van der Waals surface area contributed by atoms with Crippen molar-refractivity contribution < 1.29 is 22.7 Å². The second kappa shape index (κ2) is 7.20. The van der Waals surface area contributed by atoms with E-state index in [-0.39, 0.29) is 12.3 Å². The molecule has 1 heterocycles. The first kappa shape index (κ1) is 17.4. The van der Waals surface area contributed by atoms with Crippen LogP contribution in [0, 0.1) is 0 Å². The smallest absolute Gasteiger partial charge is 0.406 e. The first-order valence-corrected chi connectivity index (χ1v) is 7.35. The number of aromatic nitrogens is 3. The van der Waals surface area contributed by atoms with Gasteiger partial charge >= 0.3 is 6.36 Å². The molecule has 0 bridgehead atoms. The summed E-state index contributed by atoms with van der Waals surface area (Å²) in [4.78, 5) is 17.8. The van der Waals surface area contributed by atoms with Crippen molar-refractivity contribution in [2.24, 2.45) is 4.99 Å². The van der Waals surface area contributed by atoms with Gasteiger partial charge in [-0.1, -0.05) is 24.3 Å². The predicted octanol–water partition coefficient (Wildman–Crippen LogP) is 3.67. The van der Waals surface area contributed by atoms with Crippen LogP contribution in [-0.2, 0) is 11.3 Å². The molecule has 0 aliphatic heterocycles. The number of aliphatic imine (C=N–C) groups is 1. The third-order valence-corrected chi connectivity index (χ3v) is 3.37. The fourth-order valence-corrected chi connectivity index (χ4v) is 2.20. The Morgan fingerprint density at radius 3 is 2.38 bits per heavy atom. The second-order valence-electron chi connectivity index (χ2n) is 5.16. The number of isocyanates is 1. The highest BCUT2D eigenvalue weighted by molar-refractivity contribution is 5.55. The van der Waals surface area contributed by atoms with E-state index in [0.29, 0.717) is 11.5 Å². The monoisotopic (exact) mass is 360 g/mol. The van der Waals surface area contributed by atoms with Crippen LogP contribution >= 0.6 is 0 Å². The van der Waals surface area contributed by atoms with Gasteiger partial charge in [-0.3, -0.25) is 0 Å². The van der Waals surface area contributed by atoms with Crippen molar-refractivity contribution in [3.05, 3.63) is 60.4 Å². The van der Waals surface area contributed by atoms with Crippen LogP contribution in [0.2, 0.25) is 0 Å². The van der Waals surface area contributed by atoms with Crippen LogP contribution in [-0.4, -0.2) is 27.2 Å². The van der Waals surface area contributed by atoms with E-state index in [4.69, 9.17) is 0 Å². The van der Waals surface area contributed by atoms with E-state index in [1.165, 1.54) is 41.4 Å². The zero-order valence-electron chi connectivity index (χ0n) is 13.1. The minimum absolute atomic E-state index is 0.248. The summed E-state index contributed by atoms with van der Waals surface area (Å²) in [6.45, 7) is 0.248. The third kappa shape index (κ3) is 4.34. The van der Waals surface area contributed by atoms with Crippen LogP contribution in [0.1, 0.15) is 5.56 Å². The summed E-state index contributed by atoms with van der Waals surface area (Å²) >= 11 is 0. The molecule has 0 saturated heterocycles. The lowest BCUT2D eigenvalue weighted by atomic mass is 10.1.